The molecule has 0 radical (unpaired) electrons. The van der Waals surface area contributed by atoms with Gasteiger partial charge in [0.15, 0.2) is 0 Å². The Balaban J connectivity index is 3.00. The SMILES string of the molecule is CC(C)(C)c1cccc([P+](C2CC2)(C(C)(C)C)C(C)(C)C)c1C(C)(C)C. The Hall–Kier alpha value is -0.350. The van der Waals surface area contributed by atoms with Crippen molar-refractivity contribution in [1.82, 2.24) is 0 Å². The van der Waals surface area contributed by atoms with Crippen molar-refractivity contribution in [2.75, 3.05) is 0 Å². The second kappa shape index (κ2) is 6.34. The van der Waals surface area contributed by atoms with Crippen molar-refractivity contribution in [2.45, 2.75) is 123 Å². The van der Waals surface area contributed by atoms with E-state index in [4.69, 9.17) is 0 Å². The largest absolute Gasteiger partial charge is 0.0993 e. The summed E-state index contributed by atoms with van der Waals surface area (Å²) in [5, 5.41) is 2.38. The van der Waals surface area contributed by atoms with Crippen LogP contribution < -0.4 is 5.30 Å². The molecule has 1 aromatic rings. The summed E-state index contributed by atoms with van der Waals surface area (Å²) in [5.41, 5.74) is 4.45. The van der Waals surface area contributed by atoms with Crippen molar-refractivity contribution in [3.8, 4) is 0 Å². The van der Waals surface area contributed by atoms with Crippen LogP contribution in [0.3, 0.4) is 0 Å². The van der Waals surface area contributed by atoms with E-state index in [-0.39, 0.29) is 10.8 Å². The normalized spacial score (nSPS) is 17.5. The molecule has 148 valence electrons. The number of hydrogen-bond donors (Lipinski definition) is 0. The summed E-state index contributed by atoms with van der Waals surface area (Å²) in [6.07, 6.45) is 2.84. The minimum absolute atomic E-state index is 0.163. The van der Waals surface area contributed by atoms with Gasteiger partial charge in [-0.2, -0.15) is 0 Å². The van der Waals surface area contributed by atoms with Crippen LogP contribution in [0.15, 0.2) is 18.2 Å². The van der Waals surface area contributed by atoms with Crippen molar-refractivity contribution in [3.05, 3.63) is 29.3 Å². The highest BCUT2D eigenvalue weighted by Crippen LogP contribution is 2.83. The lowest BCUT2D eigenvalue weighted by Crippen LogP contribution is -2.46. The molecule has 0 spiro atoms. The van der Waals surface area contributed by atoms with E-state index in [1.54, 1.807) is 16.4 Å². The van der Waals surface area contributed by atoms with Crippen molar-refractivity contribution >= 4 is 12.6 Å². The molecule has 0 aromatic heterocycles. The molecule has 0 heterocycles. The Morgan fingerprint density at radius 1 is 0.692 bits per heavy atom. The third kappa shape index (κ3) is 3.53. The molecule has 1 fully saturated rings. The summed E-state index contributed by atoms with van der Waals surface area (Å²) < 4.78 is 0. The Kier molecular flexibility index (Phi) is 5.35. The average molecular weight is 376 g/mol. The first-order valence-corrected chi connectivity index (χ1v) is 12.3. The second-order valence-electron chi connectivity index (χ2n) is 12.5. The standard InChI is InChI=1S/C25H44P/c1-22(2,3)19-14-13-15-20(21(19)23(4,5)6)26(18-16-17-18,24(7,8)9)25(10,11)12/h13-15,18H,16-17H2,1-12H3/q+1. The summed E-state index contributed by atoms with van der Waals surface area (Å²) in [4.78, 5) is 0. The maximum Gasteiger partial charge on any atom is 0.0993 e. The summed E-state index contributed by atoms with van der Waals surface area (Å²) in [6.45, 7) is 29.6. The highest BCUT2D eigenvalue weighted by molar-refractivity contribution is 7.86. The lowest BCUT2D eigenvalue weighted by Gasteiger charge is -2.49. The average Bonchev–Trinajstić information content (AvgIpc) is 3.18. The zero-order valence-corrected chi connectivity index (χ0v) is 20.6. The predicted molar refractivity (Wildman–Crippen MR) is 123 cm³/mol. The quantitative estimate of drug-likeness (QED) is 0.465. The van der Waals surface area contributed by atoms with Gasteiger partial charge in [-0.3, -0.25) is 0 Å². The summed E-state index contributed by atoms with van der Waals surface area (Å²) in [6, 6.07) is 7.29. The molecule has 0 atom stereocenters. The van der Waals surface area contributed by atoms with Crippen LogP contribution in [0.4, 0.5) is 0 Å². The van der Waals surface area contributed by atoms with Crippen molar-refractivity contribution in [2.24, 2.45) is 0 Å². The van der Waals surface area contributed by atoms with E-state index in [2.05, 4.69) is 101 Å². The maximum absolute atomic E-state index is 2.53. The van der Waals surface area contributed by atoms with Gasteiger partial charge in [-0.1, -0.05) is 53.7 Å². The Bertz CT molecular complexity index is 635. The molecule has 1 aliphatic rings. The third-order valence-electron chi connectivity index (χ3n) is 6.19. The van der Waals surface area contributed by atoms with Crippen molar-refractivity contribution in [1.29, 1.82) is 0 Å². The highest BCUT2D eigenvalue weighted by Gasteiger charge is 2.68. The molecular formula is C25H44P+. The van der Waals surface area contributed by atoms with E-state index >= 15 is 0 Å². The monoisotopic (exact) mass is 375 g/mol. The van der Waals surface area contributed by atoms with E-state index in [1.807, 2.05) is 0 Å². The fraction of sp³-hybridized carbons (Fsp3) is 0.760. The molecule has 1 heteroatoms. The van der Waals surface area contributed by atoms with Gasteiger partial charge < -0.3 is 0 Å². The van der Waals surface area contributed by atoms with Crippen LogP contribution in [-0.4, -0.2) is 16.0 Å². The molecule has 0 N–H and O–H groups in total. The molecule has 0 amide bonds. The molecule has 0 bridgehead atoms. The minimum Gasteiger partial charge on any atom is -0.0580 e. The topological polar surface area (TPSA) is 0 Å². The van der Waals surface area contributed by atoms with Gasteiger partial charge in [0.05, 0.1) is 28.5 Å². The van der Waals surface area contributed by atoms with Gasteiger partial charge in [0, 0.05) is 5.56 Å². The molecule has 0 unspecified atom stereocenters. The van der Waals surface area contributed by atoms with Gasteiger partial charge >= 0.3 is 0 Å². The third-order valence-corrected chi connectivity index (χ3v) is 13.2. The Labute approximate surface area is 164 Å². The predicted octanol–water partition coefficient (Wildman–Crippen LogP) is 7.68. The van der Waals surface area contributed by atoms with Crippen molar-refractivity contribution < 1.29 is 0 Å². The summed E-state index contributed by atoms with van der Waals surface area (Å²) in [7, 11) is -1.41. The minimum atomic E-state index is -1.41. The summed E-state index contributed by atoms with van der Waals surface area (Å²) >= 11 is 0. The van der Waals surface area contributed by atoms with Crippen LogP contribution in [0, 0.1) is 0 Å². The van der Waals surface area contributed by atoms with Crippen LogP contribution in [0.1, 0.15) is 107 Å². The van der Waals surface area contributed by atoms with Gasteiger partial charge in [-0.25, -0.2) is 0 Å². The van der Waals surface area contributed by atoms with Gasteiger partial charge in [0.2, 0.25) is 0 Å². The zero-order chi connectivity index (χ0) is 20.3. The Morgan fingerprint density at radius 2 is 1.15 bits per heavy atom. The van der Waals surface area contributed by atoms with E-state index in [9.17, 15) is 0 Å². The van der Waals surface area contributed by atoms with Crippen LogP contribution in [0.25, 0.3) is 0 Å². The van der Waals surface area contributed by atoms with Crippen molar-refractivity contribution in [3.63, 3.8) is 0 Å². The van der Waals surface area contributed by atoms with Crippen LogP contribution in [-0.2, 0) is 10.8 Å². The Morgan fingerprint density at radius 3 is 1.46 bits per heavy atom. The lowest BCUT2D eigenvalue weighted by atomic mass is 9.75. The van der Waals surface area contributed by atoms with Crippen LogP contribution >= 0.6 is 7.26 Å². The van der Waals surface area contributed by atoms with Gasteiger partial charge in [0.1, 0.15) is 0 Å². The number of hydrogen-bond acceptors (Lipinski definition) is 0. The first-order chi connectivity index (χ1) is 11.5. The van der Waals surface area contributed by atoms with Gasteiger partial charge in [-0.05, 0) is 76.8 Å². The highest BCUT2D eigenvalue weighted by atomic mass is 31.2. The van der Waals surface area contributed by atoms with E-state index in [1.165, 1.54) is 12.8 Å². The van der Waals surface area contributed by atoms with E-state index in [0.29, 0.717) is 10.3 Å². The summed E-state index contributed by atoms with van der Waals surface area (Å²) in [5.74, 6) is 0. The molecular weight excluding hydrogens is 331 g/mol. The number of rotatable bonds is 2. The molecule has 1 saturated carbocycles. The zero-order valence-electron chi connectivity index (χ0n) is 19.7. The molecule has 0 nitrogen and oxygen atoms in total. The first-order valence-electron chi connectivity index (χ1n) is 10.5. The van der Waals surface area contributed by atoms with Crippen LogP contribution in [0.2, 0.25) is 0 Å². The maximum atomic E-state index is 2.53. The molecule has 1 aromatic carbocycles. The second-order valence-corrected chi connectivity index (χ2v) is 17.8. The fourth-order valence-corrected chi connectivity index (χ4v) is 13.8. The van der Waals surface area contributed by atoms with E-state index < -0.39 is 7.26 Å². The lowest BCUT2D eigenvalue weighted by molar-refractivity contribution is 0.532. The first kappa shape index (κ1) is 21.9. The van der Waals surface area contributed by atoms with E-state index in [0.717, 1.165) is 5.66 Å². The molecule has 1 aliphatic carbocycles. The molecule has 0 aliphatic heterocycles. The molecule has 0 saturated heterocycles. The van der Waals surface area contributed by atoms with Crippen LogP contribution in [0.5, 0.6) is 0 Å². The smallest absolute Gasteiger partial charge is 0.0580 e. The number of benzene rings is 1. The van der Waals surface area contributed by atoms with Gasteiger partial charge in [-0.15, -0.1) is 0 Å². The van der Waals surface area contributed by atoms with Gasteiger partial charge in [0.25, 0.3) is 0 Å². The fourth-order valence-electron chi connectivity index (χ4n) is 5.73. The molecule has 26 heavy (non-hydrogen) atoms. The molecule has 2 rings (SSSR count).